The molecule has 1 heterocycles. The maximum absolute atomic E-state index is 11.9. The van der Waals surface area contributed by atoms with Crippen LogP contribution in [0.5, 0.6) is 0 Å². The van der Waals surface area contributed by atoms with Crippen molar-refractivity contribution in [2.75, 3.05) is 12.3 Å². The van der Waals surface area contributed by atoms with Crippen LogP contribution in [-0.2, 0) is 0 Å². The molecule has 2 aliphatic rings. The van der Waals surface area contributed by atoms with E-state index in [1.54, 1.807) is 11.8 Å². The van der Waals surface area contributed by atoms with Crippen molar-refractivity contribution in [1.82, 2.24) is 5.32 Å². The molecule has 2 rings (SSSR count). The summed E-state index contributed by atoms with van der Waals surface area (Å²) in [6.45, 7) is -0.157. The number of nitrogens with zero attached hydrogens (tertiary/aromatic N) is 1. The lowest BCUT2D eigenvalue weighted by atomic mass is 10.1. The van der Waals surface area contributed by atoms with Crippen LogP contribution in [0.2, 0.25) is 0 Å². The van der Waals surface area contributed by atoms with Crippen LogP contribution < -0.4 is 5.32 Å². The zero-order valence-corrected chi connectivity index (χ0v) is 9.70. The summed E-state index contributed by atoms with van der Waals surface area (Å²) < 4.78 is 35.8. The smallest absolute Gasteiger partial charge is 0.362 e. The Morgan fingerprint density at radius 2 is 2.19 bits per heavy atom. The van der Waals surface area contributed by atoms with Crippen molar-refractivity contribution >= 4 is 16.9 Å². The molecule has 1 saturated carbocycles. The molecule has 2 fully saturated rings. The standard InChI is InChI=1S/C10H15F3N2S/c11-10(12,13)4-5-14-9-15-8-3-1-2-7(8)6-16-9/h7-8H,1-6H2,(H,14,15). The van der Waals surface area contributed by atoms with Crippen LogP contribution >= 0.6 is 11.8 Å². The minimum Gasteiger partial charge on any atom is -0.362 e. The van der Waals surface area contributed by atoms with E-state index in [2.05, 4.69) is 10.3 Å². The first-order valence-electron chi connectivity index (χ1n) is 5.55. The van der Waals surface area contributed by atoms with E-state index in [1.807, 2.05) is 0 Å². The Hall–Kier alpha value is -0.390. The fourth-order valence-corrected chi connectivity index (χ4v) is 3.38. The van der Waals surface area contributed by atoms with E-state index in [0.717, 1.165) is 12.2 Å². The average molecular weight is 252 g/mol. The maximum Gasteiger partial charge on any atom is 0.390 e. The van der Waals surface area contributed by atoms with Crippen LogP contribution in [0, 0.1) is 5.92 Å². The van der Waals surface area contributed by atoms with Gasteiger partial charge in [-0.05, 0) is 18.8 Å². The van der Waals surface area contributed by atoms with Gasteiger partial charge in [0.05, 0.1) is 13.0 Å². The van der Waals surface area contributed by atoms with Gasteiger partial charge in [0.2, 0.25) is 0 Å². The molecule has 2 atom stereocenters. The van der Waals surface area contributed by atoms with E-state index in [4.69, 9.17) is 0 Å². The van der Waals surface area contributed by atoms with Crippen LogP contribution in [0.25, 0.3) is 0 Å². The Morgan fingerprint density at radius 1 is 1.38 bits per heavy atom. The number of rotatable bonds is 2. The fraction of sp³-hybridized carbons (Fsp3) is 0.900. The van der Waals surface area contributed by atoms with Crippen molar-refractivity contribution in [3.63, 3.8) is 0 Å². The number of halogens is 3. The van der Waals surface area contributed by atoms with Gasteiger partial charge in [0, 0.05) is 11.8 Å². The van der Waals surface area contributed by atoms with Gasteiger partial charge in [0.1, 0.15) is 0 Å². The maximum atomic E-state index is 11.9. The molecule has 2 nitrogen and oxygen atoms in total. The molecule has 0 aromatic heterocycles. The monoisotopic (exact) mass is 252 g/mol. The second kappa shape index (κ2) is 4.85. The Bertz CT molecular complexity index is 278. The van der Waals surface area contributed by atoms with Crippen LogP contribution in [0.1, 0.15) is 25.7 Å². The second-order valence-electron chi connectivity index (χ2n) is 4.30. The van der Waals surface area contributed by atoms with Gasteiger partial charge in [-0.15, -0.1) is 0 Å². The normalized spacial score (nSPS) is 32.6. The van der Waals surface area contributed by atoms with Crippen molar-refractivity contribution in [3.05, 3.63) is 0 Å². The van der Waals surface area contributed by atoms with Gasteiger partial charge in [-0.3, -0.25) is 4.99 Å². The Kier molecular flexibility index (Phi) is 3.66. The van der Waals surface area contributed by atoms with E-state index in [-0.39, 0.29) is 6.54 Å². The molecule has 0 amide bonds. The lowest BCUT2D eigenvalue weighted by molar-refractivity contribution is -0.132. The van der Waals surface area contributed by atoms with Crippen LogP contribution in [-0.4, -0.2) is 29.7 Å². The third-order valence-electron chi connectivity index (χ3n) is 3.05. The number of aliphatic imine (C=N–C) groups is 1. The number of alkyl halides is 3. The lowest BCUT2D eigenvalue weighted by Crippen LogP contribution is -2.41. The van der Waals surface area contributed by atoms with Crippen molar-refractivity contribution in [3.8, 4) is 0 Å². The average Bonchev–Trinajstić information content (AvgIpc) is 2.62. The zero-order valence-electron chi connectivity index (χ0n) is 8.89. The van der Waals surface area contributed by atoms with E-state index in [9.17, 15) is 13.2 Å². The molecule has 0 radical (unpaired) electrons. The van der Waals surface area contributed by atoms with Gasteiger partial charge in [-0.2, -0.15) is 13.2 Å². The summed E-state index contributed by atoms with van der Waals surface area (Å²) in [5, 5.41) is 3.95. The predicted octanol–water partition coefficient (Wildman–Crippen LogP) is 2.80. The summed E-state index contributed by atoms with van der Waals surface area (Å²) in [4.78, 5) is 3.98. The number of amidine groups is 1. The van der Waals surface area contributed by atoms with Gasteiger partial charge in [-0.1, -0.05) is 18.2 Å². The number of thioether (sulfide) groups is 1. The SMILES string of the molecule is FC(F)(F)CCN=C1NC2CCCC2CS1. The molecule has 6 heteroatoms. The molecule has 0 spiro atoms. The Labute approximate surface area is 97.1 Å². The molecular formula is C10H15F3N2S. The summed E-state index contributed by atoms with van der Waals surface area (Å²) in [5.41, 5.74) is 0. The Morgan fingerprint density at radius 3 is 2.94 bits per heavy atom. The first kappa shape index (κ1) is 12.1. The molecule has 1 N–H and O–H groups in total. The van der Waals surface area contributed by atoms with Crippen LogP contribution in [0.3, 0.4) is 0 Å². The van der Waals surface area contributed by atoms with Crippen LogP contribution in [0.15, 0.2) is 4.99 Å². The summed E-state index contributed by atoms with van der Waals surface area (Å²) in [6, 6.07) is 0.450. The van der Waals surface area contributed by atoms with Gasteiger partial charge in [0.25, 0.3) is 0 Å². The van der Waals surface area contributed by atoms with Gasteiger partial charge < -0.3 is 5.32 Å². The predicted molar refractivity (Wildman–Crippen MR) is 59.7 cm³/mol. The molecule has 16 heavy (non-hydrogen) atoms. The molecule has 1 aliphatic carbocycles. The van der Waals surface area contributed by atoms with Crippen LogP contribution in [0.4, 0.5) is 13.2 Å². The quantitative estimate of drug-likeness (QED) is 0.817. The topological polar surface area (TPSA) is 24.4 Å². The number of hydrogen-bond acceptors (Lipinski definition) is 2. The van der Waals surface area contributed by atoms with Crippen molar-refractivity contribution in [2.45, 2.75) is 37.9 Å². The molecule has 1 saturated heterocycles. The third kappa shape index (κ3) is 3.30. The molecule has 1 aliphatic heterocycles. The highest BCUT2D eigenvalue weighted by atomic mass is 32.2. The minimum absolute atomic E-state index is 0.157. The summed E-state index contributed by atoms with van der Waals surface area (Å²) in [6.07, 6.45) is -1.34. The minimum atomic E-state index is -4.10. The molecular weight excluding hydrogens is 237 g/mol. The van der Waals surface area contributed by atoms with Crippen molar-refractivity contribution in [1.29, 1.82) is 0 Å². The van der Waals surface area contributed by atoms with Crippen molar-refractivity contribution < 1.29 is 13.2 Å². The molecule has 92 valence electrons. The van der Waals surface area contributed by atoms with Gasteiger partial charge in [-0.25, -0.2) is 0 Å². The molecule has 0 bridgehead atoms. The first-order valence-corrected chi connectivity index (χ1v) is 6.54. The Balaban J connectivity index is 1.80. The van der Waals surface area contributed by atoms with E-state index < -0.39 is 12.6 Å². The number of fused-ring (bicyclic) bond motifs is 1. The lowest BCUT2D eigenvalue weighted by Gasteiger charge is -2.28. The molecule has 0 aromatic rings. The highest BCUT2D eigenvalue weighted by molar-refractivity contribution is 8.13. The number of hydrogen-bond donors (Lipinski definition) is 1. The molecule has 2 unspecified atom stereocenters. The molecule has 0 aromatic carbocycles. The zero-order chi connectivity index (χ0) is 11.6. The summed E-state index contributed by atoms with van der Waals surface area (Å²) in [7, 11) is 0. The highest BCUT2D eigenvalue weighted by Crippen LogP contribution is 2.32. The third-order valence-corrected chi connectivity index (χ3v) is 4.17. The van der Waals surface area contributed by atoms with Gasteiger partial charge in [0.15, 0.2) is 5.17 Å². The van der Waals surface area contributed by atoms with E-state index in [0.29, 0.717) is 17.1 Å². The summed E-state index contributed by atoms with van der Waals surface area (Å²) >= 11 is 1.56. The van der Waals surface area contributed by atoms with E-state index >= 15 is 0 Å². The first-order chi connectivity index (χ1) is 7.54. The van der Waals surface area contributed by atoms with E-state index in [1.165, 1.54) is 12.8 Å². The summed E-state index contributed by atoms with van der Waals surface area (Å²) in [5.74, 6) is 1.69. The fourth-order valence-electron chi connectivity index (χ4n) is 2.19. The number of nitrogens with one attached hydrogen (secondary N) is 1. The second-order valence-corrected chi connectivity index (χ2v) is 5.31. The highest BCUT2D eigenvalue weighted by Gasteiger charge is 2.32. The largest absolute Gasteiger partial charge is 0.390 e. The van der Waals surface area contributed by atoms with Gasteiger partial charge >= 0.3 is 6.18 Å². The van der Waals surface area contributed by atoms with Crippen molar-refractivity contribution in [2.24, 2.45) is 10.9 Å².